The van der Waals surface area contributed by atoms with Gasteiger partial charge in [-0.1, -0.05) is 98.8 Å². The average molecular weight is 567 g/mol. The Bertz CT molecular complexity index is 1090. The number of aryl methyl sites for hydroxylation is 1. The third-order valence-electron chi connectivity index (χ3n) is 8.69. The molecule has 1 heterocycles. The minimum absolute atomic E-state index is 0.0229. The quantitative estimate of drug-likeness (QED) is 0.105. The van der Waals surface area contributed by atoms with E-state index in [1.807, 2.05) is 0 Å². The van der Waals surface area contributed by atoms with Crippen LogP contribution < -0.4 is 9.47 Å². The summed E-state index contributed by atoms with van der Waals surface area (Å²) in [6, 6.07) is 2.25. The molecule has 0 fully saturated rings. The predicted octanol–water partition coefficient (Wildman–Crippen LogP) is 11.7. The molecule has 2 aromatic rings. The lowest BCUT2D eigenvalue weighted by molar-refractivity contribution is 0.330. The number of aromatic hydroxyl groups is 2. The van der Waals surface area contributed by atoms with E-state index in [9.17, 15) is 10.2 Å². The number of hydrogen-bond donors (Lipinski definition) is 2. The molecule has 3 rings (SSSR count). The lowest BCUT2D eigenvalue weighted by Crippen LogP contribution is -2.12. The first kappa shape index (κ1) is 33.1. The van der Waals surface area contributed by atoms with Crippen LogP contribution in [0.4, 0.5) is 0 Å². The predicted molar refractivity (Wildman–Crippen MR) is 173 cm³/mol. The van der Waals surface area contributed by atoms with Gasteiger partial charge in [-0.05, 0) is 81.4 Å². The van der Waals surface area contributed by atoms with E-state index in [1.165, 1.54) is 68.1 Å². The smallest absolute Gasteiger partial charge is 0.177 e. The summed E-state index contributed by atoms with van der Waals surface area (Å²) in [5.41, 5.74) is 5.56. The van der Waals surface area contributed by atoms with Crippen LogP contribution in [0.15, 0.2) is 6.07 Å². The summed E-state index contributed by atoms with van der Waals surface area (Å²) in [4.78, 5) is 0. The normalized spacial score (nSPS) is 12.1. The van der Waals surface area contributed by atoms with E-state index in [0.29, 0.717) is 35.5 Å². The van der Waals surface area contributed by atoms with Crippen molar-refractivity contribution in [2.45, 2.75) is 163 Å². The van der Waals surface area contributed by atoms with Crippen molar-refractivity contribution in [3.63, 3.8) is 0 Å². The SMILES string of the molecule is CCCCCc1cc2c(c(CCCCC)c1CCCCC)Oc1c(CCCCC)c(O)c(O)c(CCCCC)c1O2. The Morgan fingerprint density at radius 2 is 0.829 bits per heavy atom. The van der Waals surface area contributed by atoms with E-state index in [1.54, 1.807) is 0 Å². The molecule has 0 aromatic heterocycles. The van der Waals surface area contributed by atoms with Crippen molar-refractivity contribution in [1.29, 1.82) is 0 Å². The van der Waals surface area contributed by atoms with Crippen molar-refractivity contribution in [1.82, 2.24) is 0 Å². The van der Waals surface area contributed by atoms with Gasteiger partial charge in [0, 0.05) is 16.7 Å². The third-order valence-corrected chi connectivity index (χ3v) is 8.69. The van der Waals surface area contributed by atoms with Crippen LogP contribution in [-0.4, -0.2) is 10.2 Å². The van der Waals surface area contributed by atoms with Crippen LogP contribution in [0.3, 0.4) is 0 Å². The van der Waals surface area contributed by atoms with E-state index in [0.717, 1.165) is 75.7 Å². The molecule has 0 spiro atoms. The molecule has 1 aliphatic heterocycles. The van der Waals surface area contributed by atoms with E-state index in [4.69, 9.17) is 9.47 Å². The van der Waals surface area contributed by atoms with Gasteiger partial charge in [0.05, 0.1) is 0 Å². The maximum Gasteiger partial charge on any atom is 0.177 e. The first-order valence-electron chi connectivity index (χ1n) is 17.1. The largest absolute Gasteiger partial charge is 0.504 e. The Hall–Kier alpha value is -2.36. The van der Waals surface area contributed by atoms with Gasteiger partial charge in [-0.15, -0.1) is 0 Å². The van der Waals surface area contributed by atoms with Gasteiger partial charge in [-0.3, -0.25) is 0 Å². The molecule has 0 atom stereocenters. The minimum atomic E-state index is -0.0269. The molecule has 1 aliphatic rings. The summed E-state index contributed by atoms with van der Waals surface area (Å²) in [6.45, 7) is 11.1. The molecular formula is C37H58O4. The van der Waals surface area contributed by atoms with E-state index < -0.39 is 0 Å². The van der Waals surface area contributed by atoms with Gasteiger partial charge >= 0.3 is 0 Å². The number of unbranched alkanes of at least 4 members (excludes halogenated alkanes) is 10. The third kappa shape index (κ3) is 8.58. The Morgan fingerprint density at radius 3 is 1.29 bits per heavy atom. The van der Waals surface area contributed by atoms with Crippen LogP contribution in [-0.2, 0) is 32.1 Å². The molecule has 0 saturated carbocycles. The van der Waals surface area contributed by atoms with E-state index >= 15 is 0 Å². The fourth-order valence-electron chi connectivity index (χ4n) is 6.22. The molecular weight excluding hydrogens is 508 g/mol. The zero-order valence-electron chi connectivity index (χ0n) is 26.9. The number of fused-ring (bicyclic) bond motifs is 2. The Balaban J connectivity index is 2.17. The van der Waals surface area contributed by atoms with Gasteiger partial charge in [0.1, 0.15) is 0 Å². The zero-order valence-corrected chi connectivity index (χ0v) is 26.9. The van der Waals surface area contributed by atoms with Crippen molar-refractivity contribution in [2.24, 2.45) is 0 Å². The number of rotatable bonds is 20. The van der Waals surface area contributed by atoms with Gasteiger partial charge < -0.3 is 19.7 Å². The highest BCUT2D eigenvalue weighted by molar-refractivity contribution is 5.71. The Labute approximate surface area is 250 Å². The standard InChI is InChI=1S/C37H58O4/c1-6-11-16-21-27-26-32-35(29(23-18-13-8-3)28(27)22-17-12-7-2)41-37-31(25-20-15-10-5)34(39)33(38)30(36(37)40-32)24-19-14-9-4/h26,38-39H,6-25H2,1-5H3. The number of hydrogen-bond acceptors (Lipinski definition) is 4. The zero-order chi connectivity index (χ0) is 29.6. The molecule has 0 amide bonds. The fourth-order valence-corrected chi connectivity index (χ4v) is 6.22. The van der Waals surface area contributed by atoms with E-state index in [-0.39, 0.29) is 11.5 Å². The summed E-state index contributed by atoms with van der Waals surface area (Å²) in [5.74, 6) is 2.83. The molecule has 2 aromatic carbocycles. The lowest BCUT2D eigenvalue weighted by Gasteiger charge is -2.30. The molecule has 0 unspecified atom stereocenters. The van der Waals surface area contributed by atoms with Crippen LogP contribution >= 0.6 is 0 Å². The molecule has 0 saturated heterocycles. The van der Waals surface area contributed by atoms with E-state index in [2.05, 4.69) is 40.7 Å². The second-order valence-electron chi connectivity index (χ2n) is 12.1. The Morgan fingerprint density at radius 1 is 0.439 bits per heavy atom. The monoisotopic (exact) mass is 566 g/mol. The molecule has 0 aliphatic carbocycles. The van der Waals surface area contributed by atoms with Crippen LogP contribution in [0.25, 0.3) is 0 Å². The van der Waals surface area contributed by atoms with Crippen LogP contribution in [0.1, 0.15) is 159 Å². The number of phenols is 2. The second-order valence-corrected chi connectivity index (χ2v) is 12.1. The fraction of sp³-hybridized carbons (Fsp3) is 0.676. The number of phenolic OH excluding ortho intramolecular Hbond substituents is 2. The Kier molecular flexibility index (Phi) is 14.2. The van der Waals surface area contributed by atoms with Gasteiger partial charge in [-0.25, -0.2) is 0 Å². The van der Waals surface area contributed by atoms with Crippen molar-refractivity contribution in [3.05, 3.63) is 33.9 Å². The molecule has 230 valence electrons. The summed E-state index contributed by atoms with van der Waals surface area (Å²) in [6.07, 6.45) is 21.4. The van der Waals surface area contributed by atoms with Gasteiger partial charge in [0.15, 0.2) is 34.5 Å². The minimum Gasteiger partial charge on any atom is -0.504 e. The van der Waals surface area contributed by atoms with Crippen molar-refractivity contribution < 1.29 is 19.7 Å². The van der Waals surface area contributed by atoms with Crippen LogP contribution in [0.2, 0.25) is 0 Å². The first-order chi connectivity index (χ1) is 20.0. The van der Waals surface area contributed by atoms with Crippen LogP contribution in [0.5, 0.6) is 34.5 Å². The lowest BCUT2D eigenvalue weighted by atomic mass is 9.88. The van der Waals surface area contributed by atoms with Crippen LogP contribution in [0, 0.1) is 0 Å². The summed E-state index contributed by atoms with van der Waals surface area (Å²) < 4.78 is 13.7. The van der Waals surface area contributed by atoms with Gasteiger partial charge in [0.25, 0.3) is 0 Å². The topological polar surface area (TPSA) is 58.9 Å². The molecule has 0 bridgehead atoms. The summed E-state index contributed by atoms with van der Waals surface area (Å²) >= 11 is 0. The highest BCUT2D eigenvalue weighted by Gasteiger charge is 2.33. The summed E-state index contributed by atoms with van der Waals surface area (Å²) in [7, 11) is 0. The highest BCUT2D eigenvalue weighted by Crippen LogP contribution is 2.57. The summed E-state index contributed by atoms with van der Waals surface area (Å²) in [5, 5.41) is 22.5. The molecule has 0 radical (unpaired) electrons. The molecule has 4 heteroatoms. The maximum absolute atomic E-state index is 11.3. The average Bonchev–Trinajstić information content (AvgIpc) is 2.97. The van der Waals surface area contributed by atoms with Gasteiger partial charge in [-0.2, -0.15) is 0 Å². The van der Waals surface area contributed by atoms with Crippen molar-refractivity contribution in [3.8, 4) is 34.5 Å². The van der Waals surface area contributed by atoms with Gasteiger partial charge in [0.2, 0.25) is 0 Å². The number of benzene rings is 2. The molecule has 2 N–H and O–H groups in total. The first-order valence-corrected chi connectivity index (χ1v) is 17.1. The molecule has 4 nitrogen and oxygen atoms in total. The highest BCUT2D eigenvalue weighted by atomic mass is 16.6. The molecule has 41 heavy (non-hydrogen) atoms. The maximum atomic E-state index is 11.3. The second kappa shape index (κ2) is 17.6. The number of ether oxygens (including phenoxy) is 2. The van der Waals surface area contributed by atoms with Crippen molar-refractivity contribution >= 4 is 0 Å². The van der Waals surface area contributed by atoms with Crippen molar-refractivity contribution in [2.75, 3.05) is 0 Å².